The highest BCUT2D eigenvalue weighted by molar-refractivity contribution is 6.02. The fourth-order valence-electron chi connectivity index (χ4n) is 4.21. The van der Waals surface area contributed by atoms with Crippen LogP contribution < -0.4 is 15.4 Å². The van der Waals surface area contributed by atoms with E-state index in [-0.39, 0.29) is 17.7 Å². The number of hydrogen-bond donors (Lipinski definition) is 3. The number of aromatic nitrogens is 1. The summed E-state index contributed by atoms with van der Waals surface area (Å²) in [6.45, 7) is 11.7. The molecule has 2 aromatic carbocycles. The molecule has 0 aliphatic carbocycles. The van der Waals surface area contributed by atoms with E-state index in [1.165, 1.54) is 5.56 Å². The lowest BCUT2D eigenvalue weighted by molar-refractivity contribution is 0.192. The number of urea groups is 1. The Labute approximate surface area is 196 Å². The minimum Gasteiger partial charge on any atom is -0.489 e. The van der Waals surface area contributed by atoms with Crippen LogP contribution in [-0.4, -0.2) is 34.1 Å². The predicted molar refractivity (Wildman–Crippen MR) is 136 cm³/mol. The molecule has 0 spiro atoms. The van der Waals surface area contributed by atoms with Gasteiger partial charge in [0.1, 0.15) is 5.75 Å². The number of rotatable bonds is 5. The quantitative estimate of drug-likeness (QED) is 0.408. The lowest BCUT2D eigenvalue weighted by atomic mass is 9.91. The van der Waals surface area contributed by atoms with Gasteiger partial charge in [0.2, 0.25) is 0 Å². The van der Waals surface area contributed by atoms with Crippen molar-refractivity contribution < 1.29 is 9.53 Å². The zero-order valence-electron chi connectivity index (χ0n) is 20.1. The first kappa shape index (κ1) is 22.8. The highest BCUT2D eigenvalue weighted by Gasteiger charge is 2.24. The number of hydrogen-bond acceptors (Lipinski definition) is 3. The van der Waals surface area contributed by atoms with Crippen LogP contribution in [0.4, 0.5) is 16.2 Å². The molecule has 33 heavy (non-hydrogen) atoms. The number of allylic oxidation sites excluding steroid dienone is 1. The predicted octanol–water partition coefficient (Wildman–Crippen LogP) is 6.70. The maximum Gasteiger partial charge on any atom is 0.323 e. The van der Waals surface area contributed by atoms with Crippen LogP contribution >= 0.6 is 0 Å². The molecule has 0 saturated carbocycles. The van der Waals surface area contributed by atoms with Crippen LogP contribution in [0.1, 0.15) is 52.5 Å². The number of nitrogens with zero attached hydrogens (tertiary/aromatic N) is 1. The summed E-state index contributed by atoms with van der Waals surface area (Å²) in [6.07, 6.45) is 7.69. The second-order valence-corrected chi connectivity index (χ2v) is 9.85. The molecule has 1 aromatic heterocycles. The van der Waals surface area contributed by atoms with Crippen LogP contribution in [0.3, 0.4) is 0 Å². The van der Waals surface area contributed by atoms with E-state index < -0.39 is 0 Å². The molecule has 0 radical (unpaired) electrons. The molecule has 6 nitrogen and oxygen atoms in total. The van der Waals surface area contributed by atoms with Gasteiger partial charge in [-0.2, -0.15) is 0 Å². The first-order valence-electron chi connectivity index (χ1n) is 11.6. The Morgan fingerprint density at radius 2 is 1.94 bits per heavy atom. The number of carbonyl (C=O) groups is 1. The van der Waals surface area contributed by atoms with Gasteiger partial charge in [0.05, 0.1) is 11.8 Å². The van der Waals surface area contributed by atoms with Gasteiger partial charge >= 0.3 is 6.03 Å². The van der Waals surface area contributed by atoms with Crippen molar-refractivity contribution in [1.29, 1.82) is 0 Å². The number of para-hydroxylation sites is 2. The van der Waals surface area contributed by atoms with Gasteiger partial charge in [0, 0.05) is 40.8 Å². The second-order valence-electron chi connectivity index (χ2n) is 9.85. The summed E-state index contributed by atoms with van der Waals surface area (Å²) in [5.41, 5.74) is 3.85. The molecule has 0 fully saturated rings. The minimum absolute atomic E-state index is 0.0229. The molecule has 1 atom stereocenters. The number of fused-ring (bicyclic) bond motifs is 1. The van der Waals surface area contributed by atoms with Crippen molar-refractivity contribution in [3.05, 3.63) is 66.5 Å². The maximum absolute atomic E-state index is 12.7. The number of benzene rings is 2. The van der Waals surface area contributed by atoms with Crippen molar-refractivity contribution in [2.75, 3.05) is 17.2 Å². The molecular weight excluding hydrogens is 412 g/mol. The molecule has 2 amide bonds. The number of carbonyl (C=O) groups excluding carboxylic acids is 1. The van der Waals surface area contributed by atoms with Crippen LogP contribution in [0.15, 0.2) is 60.9 Å². The first-order valence-corrected chi connectivity index (χ1v) is 11.6. The lowest BCUT2D eigenvalue weighted by Gasteiger charge is -2.38. The van der Waals surface area contributed by atoms with Gasteiger partial charge in [-0.3, -0.25) is 0 Å². The smallest absolute Gasteiger partial charge is 0.323 e. The van der Waals surface area contributed by atoms with Gasteiger partial charge in [-0.15, -0.1) is 0 Å². The summed E-state index contributed by atoms with van der Waals surface area (Å²) in [6, 6.07) is 13.1. The molecule has 2 heterocycles. The molecule has 0 bridgehead atoms. The average Bonchev–Trinajstić information content (AvgIpc) is 3.17. The van der Waals surface area contributed by atoms with Crippen molar-refractivity contribution >= 4 is 28.3 Å². The normalized spacial score (nSPS) is 16.3. The van der Waals surface area contributed by atoms with Crippen LogP contribution in [0.5, 0.6) is 5.75 Å². The van der Waals surface area contributed by atoms with Crippen molar-refractivity contribution in [2.45, 2.75) is 58.6 Å². The summed E-state index contributed by atoms with van der Waals surface area (Å²) in [5, 5.41) is 7.00. The summed E-state index contributed by atoms with van der Waals surface area (Å²) in [7, 11) is 0. The number of nitrogens with one attached hydrogen (secondary N) is 3. The Hall–Kier alpha value is -3.41. The molecule has 174 valence electrons. The monoisotopic (exact) mass is 446 g/mol. The average molecular weight is 447 g/mol. The molecule has 0 saturated heterocycles. The summed E-state index contributed by atoms with van der Waals surface area (Å²) >= 11 is 0. The van der Waals surface area contributed by atoms with Crippen LogP contribution in [0.2, 0.25) is 0 Å². The van der Waals surface area contributed by atoms with E-state index in [2.05, 4.69) is 59.8 Å². The fourth-order valence-corrected chi connectivity index (χ4v) is 4.21. The Morgan fingerprint density at radius 1 is 1.15 bits per heavy atom. The standard InChI is InChI=1S/C27H34N4O2/c1-18(2)33-25-9-7-6-8-24(25)30-26(32)29-20-10-11-23-21(16-20)22(17-28-23)19-12-14-31(15-13-19)27(3,4)5/h6-12,14,16-19,28H,13,15H2,1-5H3,(H2,29,30,32). The number of aromatic amines is 1. The highest BCUT2D eigenvalue weighted by Crippen LogP contribution is 2.34. The van der Waals surface area contributed by atoms with E-state index >= 15 is 0 Å². The fraction of sp³-hybridized carbons (Fsp3) is 0.370. The number of H-pyrrole nitrogens is 1. The van der Waals surface area contributed by atoms with Crippen LogP contribution in [-0.2, 0) is 0 Å². The van der Waals surface area contributed by atoms with Crippen LogP contribution in [0.25, 0.3) is 10.9 Å². The molecular formula is C27H34N4O2. The second kappa shape index (κ2) is 9.22. The molecule has 3 N–H and O–H groups in total. The Morgan fingerprint density at radius 3 is 2.64 bits per heavy atom. The van der Waals surface area contributed by atoms with E-state index in [0.717, 1.165) is 29.6 Å². The highest BCUT2D eigenvalue weighted by atomic mass is 16.5. The summed E-state index contributed by atoms with van der Waals surface area (Å²) in [4.78, 5) is 18.5. The SMILES string of the molecule is CC(C)Oc1ccccc1NC(=O)Nc1ccc2[nH]cc(C3C=CN(C(C)(C)C)CC3)c2c1. The largest absolute Gasteiger partial charge is 0.489 e. The topological polar surface area (TPSA) is 69.4 Å². The van der Waals surface area contributed by atoms with Gasteiger partial charge in [-0.05, 0) is 83.1 Å². The van der Waals surface area contributed by atoms with Gasteiger partial charge < -0.3 is 25.3 Å². The summed E-state index contributed by atoms with van der Waals surface area (Å²) in [5.74, 6) is 1.00. The zero-order valence-corrected chi connectivity index (χ0v) is 20.1. The zero-order chi connectivity index (χ0) is 23.6. The van der Waals surface area contributed by atoms with E-state index in [0.29, 0.717) is 17.4 Å². The molecule has 1 aliphatic rings. The third kappa shape index (κ3) is 5.33. The lowest BCUT2D eigenvalue weighted by Crippen LogP contribution is -2.39. The molecule has 3 aromatic rings. The van der Waals surface area contributed by atoms with Gasteiger partial charge in [0.15, 0.2) is 0 Å². The molecule has 1 unspecified atom stereocenters. The van der Waals surface area contributed by atoms with Gasteiger partial charge in [-0.25, -0.2) is 4.79 Å². The minimum atomic E-state index is -0.301. The van der Waals surface area contributed by atoms with E-state index in [9.17, 15) is 4.79 Å². The third-order valence-corrected chi connectivity index (χ3v) is 5.91. The molecule has 1 aliphatic heterocycles. The Balaban J connectivity index is 1.50. The number of anilines is 2. The molecule has 6 heteroatoms. The molecule has 4 rings (SSSR count). The van der Waals surface area contributed by atoms with Crippen molar-refractivity contribution in [3.8, 4) is 5.75 Å². The number of amides is 2. The van der Waals surface area contributed by atoms with E-state index in [1.54, 1.807) is 0 Å². The van der Waals surface area contributed by atoms with Gasteiger partial charge in [-0.1, -0.05) is 18.2 Å². The Bertz CT molecular complexity index is 1160. The number of ether oxygens (including phenoxy) is 1. The van der Waals surface area contributed by atoms with E-state index in [1.807, 2.05) is 56.3 Å². The van der Waals surface area contributed by atoms with Gasteiger partial charge in [0.25, 0.3) is 0 Å². The van der Waals surface area contributed by atoms with E-state index in [4.69, 9.17) is 4.74 Å². The van der Waals surface area contributed by atoms with Crippen molar-refractivity contribution in [3.63, 3.8) is 0 Å². The van der Waals surface area contributed by atoms with Crippen LogP contribution in [0, 0.1) is 0 Å². The first-order chi connectivity index (χ1) is 15.7. The maximum atomic E-state index is 12.7. The Kier molecular flexibility index (Phi) is 6.36. The third-order valence-electron chi connectivity index (χ3n) is 5.91. The van der Waals surface area contributed by atoms with Crippen molar-refractivity contribution in [1.82, 2.24) is 9.88 Å². The summed E-state index contributed by atoms with van der Waals surface area (Å²) < 4.78 is 5.80. The van der Waals surface area contributed by atoms with Crippen molar-refractivity contribution in [2.24, 2.45) is 0 Å².